The van der Waals surface area contributed by atoms with Crippen LogP contribution in [0.15, 0.2) is 48.5 Å². The van der Waals surface area contributed by atoms with Crippen molar-refractivity contribution < 1.29 is 19.1 Å². The van der Waals surface area contributed by atoms with Gasteiger partial charge in [0.25, 0.3) is 5.91 Å². The summed E-state index contributed by atoms with van der Waals surface area (Å²) >= 11 is 6.40. The first-order valence-electron chi connectivity index (χ1n) is 8.88. The van der Waals surface area contributed by atoms with E-state index in [4.69, 9.17) is 21.1 Å². The molecule has 2 aromatic carbocycles. The van der Waals surface area contributed by atoms with Crippen LogP contribution in [0, 0.1) is 0 Å². The first-order valence-corrected chi connectivity index (χ1v) is 9.26. The Kier molecular flexibility index (Phi) is 5.47. The molecule has 0 saturated heterocycles. The van der Waals surface area contributed by atoms with Gasteiger partial charge in [0.05, 0.1) is 29.9 Å². The van der Waals surface area contributed by atoms with Crippen molar-refractivity contribution in [2.45, 2.75) is 32.9 Å². The van der Waals surface area contributed by atoms with Gasteiger partial charge < -0.3 is 14.4 Å². The van der Waals surface area contributed by atoms with Crippen molar-refractivity contribution in [2.24, 2.45) is 0 Å². The van der Waals surface area contributed by atoms with Crippen LogP contribution in [0.3, 0.4) is 0 Å². The van der Waals surface area contributed by atoms with Crippen LogP contribution in [0.1, 0.15) is 31.9 Å². The molecule has 0 aliphatic carbocycles. The lowest BCUT2D eigenvalue weighted by Crippen LogP contribution is -2.27. The fraction of sp³-hybridized carbons (Fsp3) is 0.273. The summed E-state index contributed by atoms with van der Waals surface area (Å²) in [7, 11) is 1.59. The Morgan fingerprint density at radius 3 is 2.57 bits per heavy atom. The smallest absolute Gasteiger partial charge is 0.332 e. The molecule has 1 aliphatic rings. The lowest BCUT2D eigenvalue weighted by atomic mass is 10.1. The summed E-state index contributed by atoms with van der Waals surface area (Å²) in [5.41, 5.74) is 1.72. The number of fused-ring (bicyclic) bond motifs is 1. The molecule has 0 N–H and O–H groups in total. The number of amides is 1. The predicted molar refractivity (Wildman–Crippen MR) is 109 cm³/mol. The molecule has 146 valence electrons. The van der Waals surface area contributed by atoms with Gasteiger partial charge in [-0.15, -0.1) is 0 Å². The first kappa shape index (κ1) is 20.0. The molecular weight excluding hydrogens is 378 g/mol. The molecule has 0 fully saturated rings. The predicted octanol–water partition coefficient (Wildman–Crippen LogP) is 4.62. The summed E-state index contributed by atoms with van der Waals surface area (Å²) in [5.74, 6) is -0.158. The Labute approximate surface area is 169 Å². The van der Waals surface area contributed by atoms with Gasteiger partial charge in [-0.05, 0) is 44.5 Å². The maximum absolute atomic E-state index is 13.1. The van der Waals surface area contributed by atoms with Gasteiger partial charge in [0.1, 0.15) is 11.4 Å². The summed E-state index contributed by atoms with van der Waals surface area (Å²) in [6, 6.07) is 12.7. The second-order valence-corrected chi connectivity index (χ2v) is 7.88. The van der Waals surface area contributed by atoms with E-state index in [2.05, 4.69) is 0 Å². The van der Waals surface area contributed by atoms with E-state index in [1.54, 1.807) is 51.0 Å². The standard InChI is InChI=1S/C22H22ClNO4/c1-22(2,3)28-19(25)12-17-16-9-6-10-18(23)20(16)24(21(17)26)13-14-7-5-8-15(11-14)27-4/h5-12H,13H2,1-4H3. The molecule has 6 heteroatoms. The SMILES string of the molecule is COc1cccc(CN2C(=O)C(=CC(=O)OC(C)(C)C)c3cccc(Cl)c32)c1. The summed E-state index contributed by atoms with van der Waals surface area (Å²) in [6.45, 7) is 5.64. The second-order valence-electron chi connectivity index (χ2n) is 7.47. The number of carbonyl (C=O) groups excluding carboxylic acids is 2. The monoisotopic (exact) mass is 399 g/mol. The molecule has 1 heterocycles. The van der Waals surface area contributed by atoms with Crippen LogP contribution in [0.25, 0.3) is 5.57 Å². The number of benzene rings is 2. The van der Waals surface area contributed by atoms with Crippen LogP contribution in [0.5, 0.6) is 5.75 Å². The average molecular weight is 400 g/mol. The van der Waals surface area contributed by atoms with Crippen molar-refractivity contribution in [2.75, 3.05) is 12.0 Å². The molecule has 2 aromatic rings. The minimum Gasteiger partial charge on any atom is -0.497 e. The molecule has 0 atom stereocenters. The highest BCUT2D eigenvalue weighted by atomic mass is 35.5. The molecule has 0 bridgehead atoms. The van der Waals surface area contributed by atoms with Gasteiger partial charge >= 0.3 is 5.97 Å². The Morgan fingerprint density at radius 1 is 1.18 bits per heavy atom. The minimum atomic E-state index is -0.646. The Bertz CT molecular complexity index is 959. The van der Waals surface area contributed by atoms with Gasteiger partial charge in [0.2, 0.25) is 0 Å². The van der Waals surface area contributed by atoms with Crippen molar-refractivity contribution in [1.82, 2.24) is 0 Å². The molecule has 0 radical (unpaired) electrons. The van der Waals surface area contributed by atoms with Gasteiger partial charge in [-0.25, -0.2) is 4.79 Å². The highest BCUT2D eigenvalue weighted by molar-refractivity contribution is 6.41. The topological polar surface area (TPSA) is 55.8 Å². The number of hydrogen-bond acceptors (Lipinski definition) is 4. The molecule has 5 nitrogen and oxygen atoms in total. The van der Waals surface area contributed by atoms with E-state index >= 15 is 0 Å². The van der Waals surface area contributed by atoms with Gasteiger partial charge in [-0.1, -0.05) is 35.9 Å². The van der Waals surface area contributed by atoms with Gasteiger partial charge in [0.15, 0.2) is 0 Å². The summed E-state index contributed by atoms with van der Waals surface area (Å²) < 4.78 is 10.6. The van der Waals surface area contributed by atoms with Crippen LogP contribution < -0.4 is 9.64 Å². The number of halogens is 1. The minimum absolute atomic E-state index is 0.273. The third-order valence-corrected chi connectivity index (χ3v) is 4.47. The number of ether oxygens (including phenoxy) is 2. The van der Waals surface area contributed by atoms with E-state index in [0.717, 1.165) is 5.56 Å². The van der Waals surface area contributed by atoms with E-state index in [9.17, 15) is 9.59 Å². The largest absolute Gasteiger partial charge is 0.497 e. The van der Waals surface area contributed by atoms with Crippen molar-refractivity contribution >= 4 is 34.7 Å². The summed E-state index contributed by atoms with van der Waals surface area (Å²) in [6.07, 6.45) is 1.24. The molecule has 0 aromatic heterocycles. The molecule has 0 saturated carbocycles. The average Bonchev–Trinajstić information content (AvgIpc) is 2.87. The number of esters is 1. The molecule has 1 aliphatic heterocycles. The number of anilines is 1. The number of carbonyl (C=O) groups is 2. The van der Waals surface area contributed by atoms with E-state index in [1.807, 2.05) is 24.3 Å². The lowest BCUT2D eigenvalue weighted by molar-refractivity contribution is -0.148. The van der Waals surface area contributed by atoms with Crippen molar-refractivity contribution in [3.8, 4) is 5.75 Å². The number of methoxy groups -OCH3 is 1. The highest BCUT2D eigenvalue weighted by Crippen LogP contribution is 2.42. The van der Waals surface area contributed by atoms with Crippen molar-refractivity contribution in [3.63, 3.8) is 0 Å². The quantitative estimate of drug-likeness (QED) is 0.556. The van der Waals surface area contributed by atoms with E-state index in [1.165, 1.54) is 6.08 Å². The highest BCUT2D eigenvalue weighted by Gasteiger charge is 2.35. The van der Waals surface area contributed by atoms with Gasteiger partial charge in [-0.3, -0.25) is 4.79 Å². The summed E-state index contributed by atoms with van der Waals surface area (Å²) in [4.78, 5) is 27.0. The van der Waals surface area contributed by atoms with Crippen LogP contribution in [0.4, 0.5) is 5.69 Å². The molecule has 28 heavy (non-hydrogen) atoms. The number of para-hydroxylation sites is 1. The fourth-order valence-electron chi connectivity index (χ4n) is 3.06. The van der Waals surface area contributed by atoms with E-state index in [0.29, 0.717) is 28.6 Å². The number of hydrogen-bond donors (Lipinski definition) is 0. The Balaban J connectivity index is 1.99. The van der Waals surface area contributed by atoms with Crippen LogP contribution in [-0.2, 0) is 20.9 Å². The van der Waals surface area contributed by atoms with Gasteiger partial charge in [-0.2, -0.15) is 0 Å². The molecule has 1 amide bonds. The zero-order valence-electron chi connectivity index (χ0n) is 16.3. The van der Waals surface area contributed by atoms with Crippen LogP contribution in [0.2, 0.25) is 5.02 Å². The summed E-state index contributed by atoms with van der Waals surface area (Å²) in [5, 5.41) is 0.446. The maximum Gasteiger partial charge on any atom is 0.332 e. The van der Waals surface area contributed by atoms with Crippen LogP contribution >= 0.6 is 11.6 Å². The molecule has 0 spiro atoms. The Hall–Kier alpha value is -2.79. The molecule has 3 rings (SSSR count). The number of rotatable bonds is 4. The molecule has 0 unspecified atom stereocenters. The van der Waals surface area contributed by atoms with E-state index in [-0.39, 0.29) is 11.5 Å². The zero-order valence-corrected chi connectivity index (χ0v) is 17.0. The third kappa shape index (κ3) is 4.20. The van der Waals surface area contributed by atoms with Crippen LogP contribution in [-0.4, -0.2) is 24.6 Å². The fourth-order valence-corrected chi connectivity index (χ4v) is 3.34. The number of nitrogens with zero attached hydrogens (tertiary/aromatic N) is 1. The normalized spacial score (nSPS) is 15.0. The van der Waals surface area contributed by atoms with Crippen molar-refractivity contribution in [1.29, 1.82) is 0 Å². The Morgan fingerprint density at radius 2 is 1.89 bits per heavy atom. The first-order chi connectivity index (χ1) is 13.2. The molecular formula is C22H22ClNO4. The van der Waals surface area contributed by atoms with Crippen molar-refractivity contribution in [3.05, 3.63) is 64.7 Å². The zero-order chi connectivity index (χ0) is 20.5. The lowest BCUT2D eigenvalue weighted by Gasteiger charge is -2.19. The second kappa shape index (κ2) is 7.68. The third-order valence-electron chi connectivity index (χ3n) is 4.17. The van der Waals surface area contributed by atoms with Gasteiger partial charge in [0, 0.05) is 11.6 Å². The maximum atomic E-state index is 13.1. The van der Waals surface area contributed by atoms with E-state index < -0.39 is 11.6 Å².